The van der Waals surface area contributed by atoms with Crippen LogP contribution >= 0.6 is 0 Å². The number of aliphatic hydroxyl groups excluding tert-OH is 1. The molecule has 2 aromatic carbocycles. The Balaban J connectivity index is 1.58. The maximum atomic E-state index is 12.7. The van der Waals surface area contributed by atoms with Crippen molar-refractivity contribution in [1.82, 2.24) is 4.90 Å². The third-order valence-electron chi connectivity index (χ3n) is 4.78. The first-order chi connectivity index (χ1) is 12.1. The molecule has 4 nitrogen and oxygen atoms in total. The van der Waals surface area contributed by atoms with Crippen molar-refractivity contribution < 1.29 is 14.6 Å². The van der Waals surface area contributed by atoms with Gasteiger partial charge in [0.05, 0.1) is 6.10 Å². The van der Waals surface area contributed by atoms with Gasteiger partial charge in [-0.3, -0.25) is 4.79 Å². The van der Waals surface area contributed by atoms with Gasteiger partial charge in [0.25, 0.3) is 5.91 Å². The lowest BCUT2D eigenvalue weighted by Gasteiger charge is -2.34. The number of nitrogens with zero attached hydrogens (tertiary/aromatic N) is 1. The van der Waals surface area contributed by atoms with Crippen molar-refractivity contribution in [2.24, 2.45) is 5.92 Å². The number of carbonyl (C=O) groups is 1. The molecule has 0 bridgehead atoms. The number of hydrogen-bond donors (Lipinski definition) is 1. The van der Waals surface area contributed by atoms with E-state index in [1.165, 1.54) is 0 Å². The molecule has 0 spiro atoms. The van der Waals surface area contributed by atoms with Crippen LogP contribution in [0.25, 0.3) is 0 Å². The van der Waals surface area contributed by atoms with Gasteiger partial charge in [0.15, 0.2) is 0 Å². The summed E-state index contributed by atoms with van der Waals surface area (Å²) < 4.78 is 5.73. The molecule has 0 saturated carbocycles. The number of carbonyl (C=O) groups excluding carboxylic acids is 1. The second-order valence-electron chi connectivity index (χ2n) is 6.69. The summed E-state index contributed by atoms with van der Waals surface area (Å²) in [5.41, 5.74) is 1.72. The van der Waals surface area contributed by atoms with Gasteiger partial charge in [0.1, 0.15) is 12.4 Å². The molecule has 4 heteroatoms. The highest BCUT2D eigenvalue weighted by Crippen LogP contribution is 2.21. The Morgan fingerprint density at radius 1 is 1.20 bits per heavy atom. The van der Waals surface area contributed by atoms with Crippen molar-refractivity contribution in [3.05, 3.63) is 65.7 Å². The Bertz CT molecular complexity index is 682. The van der Waals surface area contributed by atoms with E-state index in [0.29, 0.717) is 18.7 Å². The number of rotatable bonds is 5. The lowest BCUT2D eigenvalue weighted by Crippen LogP contribution is -2.42. The normalized spacial score (nSPS) is 18.6. The number of amides is 1. The zero-order chi connectivity index (χ0) is 17.6. The van der Waals surface area contributed by atoms with E-state index in [2.05, 4.69) is 0 Å². The van der Waals surface area contributed by atoms with Crippen LogP contribution in [0.4, 0.5) is 0 Å². The first-order valence-corrected chi connectivity index (χ1v) is 8.87. The minimum atomic E-state index is -0.367. The molecule has 1 saturated heterocycles. The minimum Gasteiger partial charge on any atom is -0.489 e. The molecule has 25 heavy (non-hydrogen) atoms. The summed E-state index contributed by atoms with van der Waals surface area (Å²) in [5, 5.41) is 9.78. The van der Waals surface area contributed by atoms with E-state index < -0.39 is 0 Å². The Morgan fingerprint density at radius 2 is 1.92 bits per heavy atom. The summed E-state index contributed by atoms with van der Waals surface area (Å²) in [4.78, 5) is 14.5. The summed E-state index contributed by atoms with van der Waals surface area (Å²) in [7, 11) is 0. The van der Waals surface area contributed by atoms with Crippen LogP contribution in [0.15, 0.2) is 54.6 Å². The standard InChI is InChI=1S/C21H25NO3/c1-16(23)19-6-5-13-22(14-19)21(24)18-11-9-17(10-12-18)15-25-20-7-3-2-4-8-20/h2-4,7-12,16,19,23H,5-6,13-15H2,1H3. The van der Waals surface area contributed by atoms with Crippen molar-refractivity contribution in [3.8, 4) is 5.75 Å². The zero-order valence-corrected chi connectivity index (χ0v) is 14.6. The van der Waals surface area contributed by atoms with E-state index in [9.17, 15) is 9.90 Å². The van der Waals surface area contributed by atoms with Gasteiger partial charge < -0.3 is 14.7 Å². The Kier molecular flexibility index (Phi) is 5.71. The van der Waals surface area contributed by atoms with Gasteiger partial charge in [-0.15, -0.1) is 0 Å². The summed E-state index contributed by atoms with van der Waals surface area (Å²) in [6, 6.07) is 17.3. The van der Waals surface area contributed by atoms with Crippen LogP contribution < -0.4 is 4.74 Å². The molecule has 1 aliphatic rings. The molecule has 1 fully saturated rings. The summed E-state index contributed by atoms with van der Waals surface area (Å²) >= 11 is 0. The van der Waals surface area contributed by atoms with Gasteiger partial charge in [0, 0.05) is 24.6 Å². The van der Waals surface area contributed by atoms with Crippen LogP contribution in [-0.4, -0.2) is 35.1 Å². The summed E-state index contributed by atoms with van der Waals surface area (Å²) in [6.45, 7) is 3.68. The van der Waals surface area contributed by atoms with E-state index >= 15 is 0 Å². The molecule has 1 N–H and O–H groups in total. The molecule has 0 radical (unpaired) electrons. The van der Waals surface area contributed by atoms with Crippen molar-refractivity contribution in [2.75, 3.05) is 13.1 Å². The molecule has 132 valence electrons. The summed E-state index contributed by atoms with van der Waals surface area (Å²) in [6.07, 6.45) is 1.56. The molecule has 2 unspecified atom stereocenters. The first-order valence-electron chi connectivity index (χ1n) is 8.87. The number of ether oxygens (including phenoxy) is 1. The lowest BCUT2D eigenvalue weighted by atomic mass is 9.93. The second-order valence-corrected chi connectivity index (χ2v) is 6.69. The van der Waals surface area contributed by atoms with Crippen LogP contribution in [0.1, 0.15) is 35.7 Å². The quantitative estimate of drug-likeness (QED) is 0.907. The van der Waals surface area contributed by atoms with Crippen LogP contribution in [0, 0.1) is 5.92 Å². The second kappa shape index (κ2) is 8.17. The van der Waals surface area contributed by atoms with Crippen LogP contribution in [0.2, 0.25) is 0 Å². The van der Waals surface area contributed by atoms with Crippen molar-refractivity contribution in [3.63, 3.8) is 0 Å². The molecular formula is C21H25NO3. The number of aliphatic hydroxyl groups is 1. The zero-order valence-electron chi connectivity index (χ0n) is 14.6. The van der Waals surface area contributed by atoms with Gasteiger partial charge in [-0.1, -0.05) is 30.3 Å². The predicted octanol–water partition coefficient (Wildman–Crippen LogP) is 3.50. The molecule has 2 aromatic rings. The molecule has 2 atom stereocenters. The SMILES string of the molecule is CC(O)C1CCCN(C(=O)c2ccc(COc3ccccc3)cc2)C1. The Labute approximate surface area is 149 Å². The van der Waals surface area contributed by atoms with Crippen molar-refractivity contribution in [1.29, 1.82) is 0 Å². The fraction of sp³-hybridized carbons (Fsp3) is 0.381. The Morgan fingerprint density at radius 3 is 2.60 bits per heavy atom. The van der Waals surface area contributed by atoms with Gasteiger partial charge in [-0.05, 0) is 49.6 Å². The molecule has 3 rings (SSSR count). The average Bonchev–Trinajstić information content (AvgIpc) is 2.67. The third-order valence-corrected chi connectivity index (χ3v) is 4.78. The lowest BCUT2D eigenvalue weighted by molar-refractivity contribution is 0.0466. The number of hydrogen-bond acceptors (Lipinski definition) is 3. The molecule has 0 aliphatic carbocycles. The summed E-state index contributed by atoms with van der Waals surface area (Å²) in [5.74, 6) is 1.05. The molecule has 1 heterocycles. The van der Waals surface area contributed by atoms with Gasteiger partial charge in [-0.2, -0.15) is 0 Å². The maximum Gasteiger partial charge on any atom is 0.253 e. The minimum absolute atomic E-state index is 0.0425. The highest BCUT2D eigenvalue weighted by atomic mass is 16.5. The average molecular weight is 339 g/mol. The van der Waals surface area contributed by atoms with Crippen LogP contribution in [0.3, 0.4) is 0 Å². The van der Waals surface area contributed by atoms with E-state index in [0.717, 1.165) is 30.7 Å². The smallest absolute Gasteiger partial charge is 0.253 e. The fourth-order valence-electron chi connectivity index (χ4n) is 3.20. The van der Waals surface area contributed by atoms with E-state index in [4.69, 9.17) is 4.74 Å². The monoisotopic (exact) mass is 339 g/mol. The van der Waals surface area contributed by atoms with E-state index in [1.807, 2.05) is 59.5 Å². The number of piperidine rings is 1. The van der Waals surface area contributed by atoms with Gasteiger partial charge >= 0.3 is 0 Å². The van der Waals surface area contributed by atoms with Crippen LogP contribution in [0.5, 0.6) is 5.75 Å². The molecule has 1 amide bonds. The van der Waals surface area contributed by atoms with Gasteiger partial charge in [0.2, 0.25) is 0 Å². The maximum absolute atomic E-state index is 12.7. The van der Waals surface area contributed by atoms with Crippen molar-refractivity contribution >= 4 is 5.91 Å². The van der Waals surface area contributed by atoms with E-state index in [1.54, 1.807) is 6.92 Å². The highest BCUT2D eigenvalue weighted by molar-refractivity contribution is 5.94. The number of para-hydroxylation sites is 1. The van der Waals surface area contributed by atoms with Crippen molar-refractivity contribution in [2.45, 2.75) is 32.5 Å². The number of benzene rings is 2. The largest absolute Gasteiger partial charge is 0.489 e. The van der Waals surface area contributed by atoms with Gasteiger partial charge in [-0.25, -0.2) is 0 Å². The van der Waals surface area contributed by atoms with Crippen LogP contribution in [-0.2, 0) is 6.61 Å². The fourth-order valence-corrected chi connectivity index (χ4v) is 3.20. The topological polar surface area (TPSA) is 49.8 Å². The molecule has 1 aliphatic heterocycles. The Hall–Kier alpha value is -2.33. The highest BCUT2D eigenvalue weighted by Gasteiger charge is 2.26. The predicted molar refractivity (Wildman–Crippen MR) is 97.5 cm³/mol. The van der Waals surface area contributed by atoms with E-state index in [-0.39, 0.29) is 17.9 Å². The third kappa shape index (κ3) is 4.60. The number of likely N-dealkylation sites (tertiary alicyclic amines) is 1. The first kappa shape index (κ1) is 17.5. The molecule has 0 aromatic heterocycles. The molecular weight excluding hydrogens is 314 g/mol.